The van der Waals surface area contributed by atoms with Crippen LogP contribution in [-0.2, 0) is 12.8 Å². The van der Waals surface area contributed by atoms with E-state index in [1.165, 1.54) is 5.56 Å². The second-order valence-electron chi connectivity index (χ2n) is 5.71. The number of rotatable bonds is 4. The summed E-state index contributed by atoms with van der Waals surface area (Å²) in [6, 6.07) is 13.8. The lowest BCUT2D eigenvalue weighted by atomic mass is 10.00. The van der Waals surface area contributed by atoms with Crippen molar-refractivity contribution < 1.29 is 9.53 Å². The number of methoxy groups -OCH3 is 1. The Balaban J connectivity index is 1.95. The van der Waals surface area contributed by atoms with Crippen LogP contribution in [0.3, 0.4) is 0 Å². The summed E-state index contributed by atoms with van der Waals surface area (Å²) in [5.41, 5.74) is 3.95. The number of ether oxygens (including phenoxy) is 1. The molecule has 1 amide bonds. The van der Waals surface area contributed by atoms with Gasteiger partial charge >= 0.3 is 0 Å². The Labute approximate surface area is 137 Å². The van der Waals surface area contributed by atoms with E-state index in [-0.39, 0.29) is 5.91 Å². The number of anilines is 1. The van der Waals surface area contributed by atoms with Crippen LogP contribution in [0.5, 0.6) is 5.75 Å². The van der Waals surface area contributed by atoms with E-state index >= 15 is 0 Å². The van der Waals surface area contributed by atoms with Gasteiger partial charge in [0, 0.05) is 17.8 Å². The van der Waals surface area contributed by atoms with Crippen molar-refractivity contribution in [3.05, 3.63) is 71.8 Å². The van der Waals surface area contributed by atoms with E-state index in [0.717, 1.165) is 36.4 Å². The molecular formula is C20H21NO2. The predicted molar refractivity (Wildman–Crippen MR) is 93.3 cm³/mol. The lowest BCUT2D eigenvalue weighted by molar-refractivity contribution is 0.0985. The number of para-hydroxylation sites is 1. The molecule has 1 aliphatic rings. The molecule has 0 N–H and O–H groups in total. The molecule has 0 fully saturated rings. The maximum atomic E-state index is 13.0. The maximum Gasteiger partial charge on any atom is 0.258 e. The van der Waals surface area contributed by atoms with Gasteiger partial charge in [0.15, 0.2) is 0 Å². The van der Waals surface area contributed by atoms with Crippen molar-refractivity contribution in [2.24, 2.45) is 0 Å². The fourth-order valence-corrected chi connectivity index (χ4v) is 3.13. The molecule has 0 bridgehead atoms. The summed E-state index contributed by atoms with van der Waals surface area (Å²) in [7, 11) is 1.64. The van der Waals surface area contributed by atoms with Gasteiger partial charge in [0.1, 0.15) is 5.75 Å². The summed E-state index contributed by atoms with van der Waals surface area (Å²) in [6.07, 6.45) is 4.53. The van der Waals surface area contributed by atoms with Gasteiger partial charge in [0.05, 0.1) is 7.11 Å². The molecule has 0 aliphatic carbocycles. The van der Waals surface area contributed by atoms with Crippen molar-refractivity contribution >= 4 is 11.6 Å². The Bertz CT molecular complexity index is 736. The zero-order valence-corrected chi connectivity index (χ0v) is 13.4. The minimum absolute atomic E-state index is 0.0464. The third kappa shape index (κ3) is 3.00. The van der Waals surface area contributed by atoms with Gasteiger partial charge in [-0.15, -0.1) is 6.58 Å². The number of fused-ring (bicyclic) bond motifs is 1. The van der Waals surface area contributed by atoms with Crippen LogP contribution >= 0.6 is 0 Å². The largest absolute Gasteiger partial charge is 0.496 e. The third-order valence-electron chi connectivity index (χ3n) is 4.25. The van der Waals surface area contributed by atoms with Gasteiger partial charge in [0.25, 0.3) is 5.91 Å². The number of carbonyl (C=O) groups is 1. The minimum atomic E-state index is 0.0464. The molecule has 0 aromatic heterocycles. The topological polar surface area (TPSA) is 29.5 Å². The quantitative estimate of drug-likeness (QED) is 0.799. The Kier molecular flexibility index (Phi) is 4.47. The first-order valence-electron chi connectivity index (χ1n) is 7.92. The van der Waals surface area contributed by atoms with Crippen LogP contribution in [0.15, 0.2) is 55.1 Å². The van der Waals surface area contributed by atoms with Gasteiger partial charge in [-0.3, -0.25) is 4.79 Å². The predicted octanol–water partition coefficient (Wildman–Crippen LogP) is 4.02. The second-order valence-corrected chi connectivity index (χ2v) is 5.71. The van der Waals surface area contributed by atoms with Gasteiger partial charge in [0.2, 0.25) is 0 Å². The molecule has 118 valence electrons. The summed E-state index contributed by atoms with van der Waals surface area (Å²) in [5, 5.41) is 0. The van der Waals surface area contributed by atoms with Gasteiger partial charge in [-0.1, -0.05) is 24.3 Å². The van der Waals surface area contributed by atoms with Crippen LogP contribution in [0.2, 0.25) is 0 Å². The highest BCUT2D eigenvalue weighted by Crippen LogP contribution is 2.29. The molecular weight excluding hydrogens is 286 g/mol. The molecule has 0 atom stereocenters. The standard InChI is InChI=1S/C20H21NO2/c1-3-7-16-14-17(11-12-19(16)23-2)20(22)21-13-6-9-15-8-4-5-10-18(15)21/h3-5,8,10-12,14H,1,6-7,9,13H2,2H3. The van der Waals surface area contributed by atoms with E-state index in [1.807, 2.05) is 47.4 Å². The third-order valence-corrected chi connectivity index (χ3v) is 4.25. The molecule has 23 heavy (non-hydrogen) atoms. The smallest absolute Gasteiger partial charge is 0.258 e. The highest BCUT2D eigenvalue weighted by molar-refractivity contribution is 6.07. The SMILES string of the molecule is C=CCc1cc(C(=O)N2CCCc3ccccc32)ccc1OC. The number of benzene rings is 2. The van der Waals surface area contributed by atoms with Crippen molar-refractivity contribution in [2.45, 2.75) is 19.3 Å². The van der Waals surface area contributed by atoms with Crippen LogP contribution in [0.1, 0.15) is 27.9 Å². The summed E-state index contributed by atoms with van der Waals surface area (Å²) in [4.78, 5) is 14.9. The number of aryl methyl sites for hydroxylation is 1. The Morgan fingerprint density at radius 1 is 1.30 bits per heavy atom. The average molecular weight is 307 g/mol. The van der Waals surface area contributed by atoms with Crippen molar-refractivity contribution in [1.29, 1.82) is 0 Å². The van der Waals surface area contributed by atoms with E-state index in [9.17, 15) is 4.79 Å². The molecule has 0 saturated carbocycles. The molecule has 1 aliphatic heterocycles. The van der Waals surface area contributed by atoms with E-state index < -0.39 is 0 Å². The Morgan fingerprint density at radius 2 is 2.13 bits per heavy atom. The van der Waals surface area contributed by atoms with Gasteiger partial charge in [-0.2, -0.15) is 0 Å². The highest BCUT2D eigenvalue weighted by atomic mass is 16.5. The number of hydrogen-bond acceptors (Lipinski definition) is 2. The Hall–Kier alpha value is -2.55. The van der Waals surface area contributed by atoms with Crippen LogP contribution in [0, 0.1) is 0 Å². The molecule has 0 radical (unpaired) electrons. The summed E-state index contributed by atoms with van der Waals surface area (Å²) < 4.78 is 5.36. The fourth-order valence-electron chi connectivity index (χ4n) is 3.13. The molecule has 1 heterocycles. The molecule has 3 nitrogen and oxygen atoms in total. The normalized spacial score (nSPS) is 13.3. The van der Waals surface area contributed by atoms with Crippen LogP contribution < -0.4 is 9.64 Å². The number of hydrogen-bond donors (Lipinski definition) is 0. The summed E-state index contributed by atoms with van der Waals surface area (Å²) >= 11 is 0. The maximum absolute atomic E-state index is 13.0. The lowest BCUT2D eigenvalue weighted by Crippen LogP contribution is -2.35. The minimum Gasteiger partial charge on any atom is -0.496 e. The molecule has 3 rings (SSSR count). The number of allylic oxidation sites excluding steroid dienone is 1. The van der Waals surface area contributed by atoms with Crippen LogP contribution in [0.25, 0.3) is 0 Å². The molecule has 0 unspecified atom stereocenters. The molecule has 2 aromatic rings. The molecule has 2 aromatic carbocycles. The number of carbonyl (C=O) groups excluding carboxylic acids is 1. The molecule has 0 spiro atoms. The van der Waals surface area contributed by atoms with Crippen molar-refractivity contribution in [3.63, 3.8) is 0 Å². The number of amides is 1. The zero-order chi connectivity index (χ0) is 16.2. The van der Waals surface area contributed by atoms with E-state index in [0.29, 0.717) is 12.0 Å². The van der Waals surface area contributed by atoms with Crippen molar-refractivity contribution in [3.8, 4) is 5.75 Å². The van der Waals surface area contributed by atoms with Gasteiger partial charge < -0.3 is 9.64 Å². The van der Waals surface area contributed by atoms with Crippen molar-refractivity contribution in [2.75, 3.05) is 18.6 Å². The van der Waals surface area contributed by atoms with Crippen LogP contribution in [-0.4, -0.2) is 19.6 Å². The van der Waals surface area contributed by atoms with E-state index in [2.05, 4.69) is 12.6 Å². The number of nitrogens with zero attached hydrogens (tertiary/aromatic N) is 1. The van der Waals surface area contributed by atoms with Gasteiger partial charge in [-0.25, -0.2) is 0 Å². The van der Waals surface area contributed by atoms with E-state index in [1.54, 1.807) is 7.11 Å². The lowest BCUT2D eigenvalue weighted by Gasteiger charge is -2.29. The van der Waals surface area contributed by atoms with E-state index in [4.69, 9.17) is 4.74 Å². The zero-order valence-electron chi connectivity index (χ0n) is 13.4. The molecule has 3 heteroatoms. The Morgan fingerprint density at radius 3 is 2.91 bits per heavy atom. The molecule has 0 saturated heterocycles. The summed E-state index contributed by atoms with van der Waals surface area (Å²) in [6.45, 7) is 4.54. The first kappa shape index (κ1) is 15.3. The first-order chi connectivity index (χ1) is 11.2. The van der Waals surface area contributed by atoms with Gasteiger partial charge in [-0.05, 0) is 54.7 Å². The average Bonchev–Trinajstić information content (AvgIpc) is 2.61. The fraction of sp³-hybridized carbons (Fsp3) is 0.250. The second kappa shape index (κ2) is 6.69. The summed E-state index contributed by atoms with van der Waals surface area (Å²) in [5.74, 6) is 0.839. The van der Waals surface area contributed by atoms with Crippen molar-refractivity contribution in [1.82, 2.24) is 0 Å². The van der Waals surface area contributed by atoms with Crippen LogP contribution in [0.4, 0.5) is 5.69 Å². The monoisotopic (exact) mass is 307 g/mol. The highest BCUT2D eigenvalue weighted by Gasteiger charge is 2.23. The first-order valence-corrected chi connectivity index (χ1v) is 7.92.